The lowest BCUT2D eigenvalue weighted by Gasteiger charge is -2.33. The molecule has 0 saturated carbocycles. The number of carbonyl (C=O) groups excluding carboxylic acids is 1. The maximum Gasteiger partial charge on any atom is 0.338 e. The Morgan fingerprint density at radius 3 is 2.60 bits per heavy atom. The van der Waals surface area contributed by atoms with E-state index in [1.807, 2.05) is 11.9 Å². The zero-order valence-electron chi connectivity index (χ0n) is 23.6. The molecule has 2 aliphatic rings. The summed E-state index contributed by atoms with van der Waals surface area (Å²) >= 11 is 4.67. The fourth-order valence-corrected chi connectivity index (χ4v) is 6.81. The smallest absolute Gasteiger partial charge is 0.338 e. The number of halogens is 1. The number of nitrogens with zero attached hydrogens (tertiary/aromatic N) is 5. The zero-order valence-corrected chi connectivity index (χ0v) is 26.0. The number of hydrogen-bond donors (Lipinski definition) is 0. The van der Waals surface area contributed by atoms with Crippen molar-refractivity contribution in [2.45, 2.75) is 19.9 Å². The number of nitro groups is 1. The summed E-state index contributed by atoms with van der Waals surface area (Å²) < 4.78 is 13.2. The molecule has 220 valence electrons. The number of allylic oxidation sites excluding steroid dienone is 1. The average molecular weight is 657 g/mol. The lowest BCUT2D eigenvalue weighted by atomic mass is 9.96. The van der Waals surface area contributed by atoms with Gasteiger partial charge in [-0.3, -0.25) is 19.5 Å². The molecule has 2 aromatic carbocycles. The second-order valence-corrected chi connectivity index (χ2v) is 11.9. The summed E-state index contributed by atoms with van der Waals surface area (Å²) in [6, 6.07) is 9.59. The third-order valence-corrected chi connectivity index (χ3v) is 8.95. The highest BCUT2D eigenvalue weighted by molar-refractivity contribution is 9.10. The predicted octanol–water partition coefficient (Wildman–Crippen LogP) is 3.23. The van der Waals surface area contributed by atoms with Gasteiger partial charge in [-0.15, -0.1) is 0 Å². The molecule has 11 nitrogen and oxygen atoms in total. The van der Waals surface area contributed by atoms with Crippen molar-refractivity contribution in [2.24, 2.45) is 4.99 Å². The number of aromatic nitrogens is 1. The van der Waals surface area contributed by atoms with Crippen LogP contribution in [0, 0.1) is 10.1 Å². The maximum atomic E-state index is 13.9. The number of esters is 1. The maximum absolute atomic E-state index is 13.9. The minimum atomic E-state index is -0.793. The van der Waals surface area contributed by atoms with Crippen LogP contribution in [-0.4, -0.2) is 67.3 Å². The van der Waals surface area contributed by atoms with Gasteiger partial charge < -0.3 is 19.3 Å². The SMILES string of the molecule is CCOC(=O)C1=C(C)N=c2s/c(=C\c3ccc(N4CCN(C)CC4)c([N+](=O)[O-])c3)c(=O)n2[C@@H]1c1ccc(OC)c(Br)c1. The topological polar surface area (TPSA) is 120 Å². The Hall–Kier alpha value is -3.81. The van der Waals surface area contributed by atoms with Gasteiger partial charge in [0.05, 0.1) is 45.0 Å². The molecule has 0 spiro atoms. The summed E-state index contributed by atoms with van der Waals surface area (Å²) in [4.78, 5) is 47.9. The van der Waals surface area contributed by atoms with E-state index < -0.39 is 12.0 Å². The number of methoxy groups -OCH3 is 1. The van der Waals surface area contributed by atoms with E-state index in [4.69, 9.17) is 9.47 Å². The lowest BCUT2D eigenvalue weighted by Crippen LogP contribution is -2.44. The molecule has 13 heteroatoms. The molecule has 2 aliphatic heterocycles. The Kier molecular flexibility index (Phi) is 8.62. The number of anilines is 1. The van der Waals surface area contributed by atoms with Crippen LogP contribution in [0.4, 0.5) is 11.4 Å². The predicted molar refractivity (Wildman–Crippen MR) is 164 cm³/mol. The van der Waals surface area contributed by atoms with Crippen LogP contribution in [0.2, 0.25) is 0 Å². The second-order valence-electron chi connectivity index (χ2n) is 9.99. The average Bonchev–Trinajstić information content (AvgIpc) is 3.26. The number of ether oxygens (including phenoxy) is 2. The molecule has 0 aliphatic carbocycles. The van der Waals surface area contributed by atoms with Crippen LogP contribution in [0.5, 0.6) is 5.75 Å². The Morgan fingerprint density at radius 1 is 1.21 bits per heavy atom. The largest absolute Gasteiger partial charge is 0.496 e. The number of nitro benzene ring substituents is 1. The van der Waals surface area contributed by atoms with Crippen molar-refractivity contribution < 1.29 is 19.2 Å². The first-order chi connectivity index (χ1) is 20.1. The van der Waals surface area contributed by atoms with E-state index >= 15 is 0 Å². The van der Waals surface area contributed by atoms with Gasteiger partial charge in [-0.25, -0.2) is 9.79 Å². The van der Waals surface area contributed by atoms with E-state index in [1.54, 1.807) is 57.4 Å². The van der Waals surface area contributed by atoms with E-state index in [0.29, 0.717) is 55.2 Å². The summed E-state index contributed by atoms with van der Waals surface area (Å²) in [6.45, 7) is 6.63. The van der Waals surface area contributed by atoms with Crippen LogP contribution in [0.25, 0.3) is 6.08 Å². The van der Waals surface area contributed by atoms with Crippen molar-refractivity contribution >= 4 is 50.7 Å². The van der Waals surface area contributed by atoms with Gasteiger partial charge in [0, 0.05) is 32.2 Å². The Balaban J connectivity index is 1.63. The van der Waals surface area contributed by atoms with Crippen molar-refractivity contribution in [3.63, 3.8) is 0 Å². The van der Waals surface area contributed by atoms with Crippen LogP contribution >= 0.6 is 27.3 Å². The first-order valence-corrected chi connectivity index (χ1v) is 15.0. The highest BCUT2D eigenvalue weighted by Crippen LogP contribution is 2.35. The Bertz CT molecular complexity index is 1770. The molecule has 3 aromatic rings. The normalized spacial score (nSPS) is 17.6. The number of benzene rings is 2. The monoisotopic (exact) mass is 655 g/mol. The number of likely N-dealkylation sites (N-methyl/N-ethyl adjacent to an activating group) is 1. The van der Waals surface area contributed by atoms with Gasteiger partial charge in [0.1, 0.15) is 11.4 Å². The van der Waals surface area contributed by atoms with Crippen molar-refractivity contribution in [2.75, 3.05) is 51.8 Å². The third-order valence-electron chi connectivity index (χ3n) is 7.35. The molecule has 0 amide bonds. The van der Waals surface area contributed by atoms with Gasteiger partial charge in [0.15, 0.2) is 4.80 Å². The van der Waals surface area contributed by atoms with Gasteiger partial charge >= 0.3 is 5.97 Å². The Labute approximate surface area is 254 Å². The molecular formula is C29H30BrN5O6S. The quantitative estimate of drug-likeness (QED) is 0.216. The van der Waals surface area contributed by atoms with Gasteiger partial charge in [0.2, 0.25) is 0 Å². The van der Waals surface area contributed by atoms with Crippen LogP contribution < -0.4 is 24.5 Å². The molecule has 1 atom stereocenters. The third kappa shape index (κ3) is 5.63. The molecule has 0 N–H and O–H groups in total. The number of fused-ring (bicyclic) bond motifs is 1. The summed E-state index contributed by atoms with van der Waals surface area (Å²) in [5.74, 6) is 0.0475. The lowest BCUT2D eigenvalue weighted by molar-refractivity contribution is -0.384. The standard InChI is InChI=1S/C29H30BrN5O6S/c1-5-41-28(37)25-17(2)31-29-34(26(25)19-7-9-23(40-4)20(30)16-19)27(36)24(42-29)15-18-6-8-21(22(14-18)35(38)39)33-12-10-32(3)11-13-33/h6-9,14-16,26H,5,10-13H2,1-4H3/b24-15-/t26-/m1/s1. The van der Waals surface area contributed by atoms with Crippen LogP contribution in [0.1, 0.15) is 31.0 Å². The molecule has 0 bridgehead atoms. The minimum absolute atomic E-state index is 0.0116. The van der Waals surface area contributed by atoms with Gasteiger partial charge in [-0.1, -0.05) is 23.5 Å². The van der Waals surface area contributed by atoms with Crippen molar-refractivity contribution in [3.8, 4) is 5.75 Å². The van der Waals surface area contributed by atoms with Crippen molar-refractivity contribution in [1.82, 2.24) is 9.47 Å². The van der Waals surface area contributed by atoms with Crippen LogP contribution in [0.15, 0.2) is 61.9 Å². The molecular weight excluding hydrogens is 626 g/mol. The summed E-state index contributed by atoms with van der Waals surface area (Å²) in [6.07, 6.45) is 1.63. The number of thiazole rings is 1. The second kappa shape index (κ2) is 12.2. The highest BCUT2D eigenvalue weighted by atomic mass is 79.9. The van der Waals surface area contributed by atoms with Crippen LogP contribution in [0.3, 0.4) is 0 Å². The Morgan fingerprint density at radius 2 is 1.95 bits per heavy atom. The van der Waals surface area contributed by atoms with E-state index in [0.717, 1.165) is 24.4 Å². The molecule has 0 unspecified atom stereocenters. The molecule has 5 rings (SSSR count). The van der Waals surface area contributed by atoms with Crippen molar-refractivity contribution in [3.05, 3.63) is 93.1 Å². The fourth-order valence-electron chi connectivity index (χ4n) is 5.20. The fraction of sp³-hybridized carbons (Fsp3) is 0.345. The highest BCUT2D eigenvalue weighted by Gasteiger charge is 2.34. The van der Waals surface area contributed by atoms with E-state index in [9.17, 15) is 19.7 Å². The molecule has 1 aromatic heterocycles. The van der Waals surface area contributed by atoms with E-state index in [2.05, 4.69) is 25.8 Å². The van der Waals surface area contributed by atoms with Crippen LogP contribution in [-0.2, 0) is 9.53 Å². The first kappa shape index (κ1) is 29.7. The summed E-state index contributed by atoms with van der Waals surface area (Å²) in [5.41, 5.74) is 2.09. The van der Waals surface area contributed by atoms with Gasteiger partial charge in [-0.05, 0) is 72.2 Å². The first-order valence-electron chi connectivity index (χ1n) is 13.4. The number of carbonyl (C=O) groups is 1. The number of hydrogen-bond acceptors (Lipinski definition) is 10. The van der Waals surface area contributed by atoms with E-state index in [-0.39, 0.29) is 28.3 Å². The summed E-state index contributed by atoms with van der Waals surface area (Å²) in [7, 11) is 3.58. The summed E-state index contributed by atoms with van der Waals surface area (Å²) in [5, 5.41) is 12.0. The minimum Gasteiger partial charge on any atom is -0.496 e. The zero-order chi connectivity index (χ0) is 30.1. The van der Waals surface area contributed by atoms with Gasteiger partial charge in [0.25, 0.3) is 11.2 Å². The molecule has 1 fully saturated rings. The van der Waals surface area contributed by atoms with Gasteiger partial charge in [-0.2, -0.15) is 0 Å². The number of rotatable bonds is 7. The molecule has 1 saturated heterocycles. The van der Waals surface area contributed by atoms with E-state index in [1.165, 1.54) is 10.6 Å². The molecule has 42 heavy (non-hydrogen) atoms. The van der Waals surface area contributed by atoms with Crippen molar-refractivity contribution in [1.29, 1.82) is 0 Å². The number of piperazine rings is 1. The molecule has 0 radical (unpaired) electrons. The molecule has 3 heterocycles.